The molecule has 2 heteroatoms. The van der Waals surface area contributed by atoms with E-state index >= 15 is 0 Å². The Hall–Kier alpha value is -2.22. The lowest BCUT2D eigenvalue weighted by molar-refractivity contribution is 0.415. The smallest absolute Gasteiger partial charge is 0.118 e. The van der Waals surface area contributed by atoms with Crippen molar-refractivity contribution in [2.75, 3.05) is 7.11 Å². The lowest BCUT2D eigenvalue weighted by Crippen LogP contribution is -1.84. The number of benzene rings is 2. The van der Waals surface area contributed by atoms with Gasteiger partial charge in [-0.15, -0.1) is 0 Å². The van der Waals surface area contributed by atoms with Gasteiger partial charge in [0.25, 0.3) is 0 Å². The molecule has 0 bridgehead atoms. The maximum absolute atomic E-state index is 5.23. The van der Waals surface area contributed by atoms with Crippen LogP contribution in [0.15, 0.2) is 36.4 Å². The third-order valence-corrected chi connectivity index (χ3v) is 3.98. The fourth-order valence-corrected chi connectivity index (χ4v) is 2.72. The van der Waals surface area contributed by atoms with Gasteiger partial charge in [0.15, 0.2) is 0 Å². The monoisotopic (exact) mass is 265 g/mol. The number of rotatable bonds is 2. The number of fused-ring (bicyclic) bond motifs is 1. The van der Waals surface area contributed by atoms with Crippen molar-refractivity contribution in [3.8, 4) is 16.9 Å². The zero-order valence-electron chi connectivity index (χ0n) is 12.4. The largest absolute Gasteiger partial charge is 0.497 e. The van der Waals surface area contributed by atoms with E-state index in [1.54, 1.807) is 7.11 Å². The molecular weight excluding hydrogens is 246 g/mol. The highest BCUT2D eigenvalue weighted by Gasteiger charge is 2.11. The van der Waals surface area contributed by atoms with Gasteiger partial charge in [0.1, 0.15) is 5.75 Å². The van der Waals surface area contributed by atoms with Crippen molar-refractivity contribution in [3.05, 3.63) is 53.2 Å². The van der Waals surface area contributed by atoms with Crippen LogP contribution in [-0.2, 0) is 0 Å². The number of nitrogens with one attached hydrogen (secondary N) is 1. The summed E-state index contributed by atoms with van der Waals surface area (Å²) in [6.45, 7) is 6.44. The van der Waals surface area contributed by atoms with E-state index in [9.17, 15) is 0 Å². The number of aryl methyl sites for hydroxylation is 3. The van der Waals surface area contributed by atoms with E-state index in [4.69, 9.17) is 4.74 Å². The topological polar surface area (TPSA) is 25.0 Å². The minimum atomic E-state index is 0.887. The van der Waals surface area contributed by atoms with Crippen LogP contribution in [0.5, 0.6) is 5.75 Å². The van der Waals surface area contributed by atoms with E-state index in [-0.39, 0.29) is 0 Å². The van der Waals surface area contributed by atoms with Crippen LogP contribution < -0.4 is 4.74 Å². The normalized spacial score (nSPS) is 11.0. The summed E-state index contributed by atoms with van der Waals surface area (Å²) < 4.78 is 5.23. The van der Waals surface area contributed by atoms with Gasteiger partial charge in [0.05, 0.1) is 7.11 Å². The van der Waals surface area contributed by atoms with E-state index in [0.717, 1.165) is 5.75 Å². The molecule has 102 valence electrons. The van der Waals surface area contributed by atoms with Crippen LogP contribution in [0.3, 0.4) is 0 Å². The minimum absolute atomic E-state index is 0.887. The highest BCUT2D eigenvalue weighted by molar-refractivity contribution is 5.98. The van der Waals surface area contributed by atoms with Crippen molar-refractivity contribution in [1.82, 2.24) is 4.98 Å². The number of aromatic amines is 1. The van der Waals surface area contributed by atoms with Gasteiger partial charge in [-0.05, 0) is 61.7 Å². The molecule has 0 saturated carbocycles. The zero-order valence-corrected chi connectivity index (χ0v) is 12.4. The molecular formula is C18H19NO. The summed E-state index contributed by atoms with van der Waals surface area (Å²) in [5, 5.41) is 1.29. The average molecular weight is 265 g/mol. The van der Waals surface area contributed by atoms with Gasteiger partial charge in [0, 0.05) is 22.2 Å². The molecule has 0 aliphatic carbocycles. The second kappa shape index (κ2) is 4.71. The molecule has 1 aromatic heterocycles. The van der Waals surface area contributed by atoms with Gasteiger partial charge in [-0.1, -0.05) is 12.1 Å². The standard InChI is InChI=1S/C18H19NO/c1-11-9-16-17(10-12(11)2)19-13(3)18(16)14-5-7-15(20-4)8-6-14/h5-10,19H,1-4H3. The first-order valence-electron chi connectivity index (χ1n) is 6.84. The fraction of sp³-hybridized carbons (Fsp3) is 0.222. The van der Waals surface area contributed by atoms with Crippen molar-refractivity contribution < 1.29 is 4.74 Å². The minimum Gasteiger partial charge on any atom is -0.497 e. The van der Waals surface area contributed by atoms with Crippen LogP contribution in [-0.4, -0.2) is 12.1 Å². The van der Waals surface area contributed by atoms with Crippen LogP contribution in [0.1, 0.15) is 16.8 Å². The van der Waals surface area contributed by atoms with E-state index in [0.29, 0.717) is 0 Å². The summed E-state index contributed by atoms with van der Waals surface area (Å²) in [6, 6.07) is 12.7. The molecule has 3 aromatic rings. The first-order valence-corrected chi connectivity index (χ1v) is 6.84. The van der Waals surface area contributed by atoms with Crippen LogP contribution in [0, 0.1) is 20.8 Å². The summed E-state index contributed by atoms with van der Waals surface area (Å²) in [5.41, 5.74) is 7.56. The molecule has 2 nitrogen and oxygen atoms in total. The molecule has 1 N–H and O–H groups in total. The number of aromatic nitrogens is 1. The van der Waals surface area contributed by atoms with E-state index in [1.807, 2.05) is 12.1 Å². The Morgan fingerprint density at radius 2 is 1.55 bits per heavy atom. The summed E-state index contributed by atoms with van der Waals surface area (Å²) in [7, 11) is 1.69. The predicted octanol–water partition coefficient (Wildman–Crippen LogP) is 4.77. The van der Waals surface area contributed by atoms with E-state index < -0.39 is 0 Å². The maximum atomic E-state index is 5.23. The number of hydrogen-bond donors (Lipinski definition) is 1. The second-order valence-corrected chi connectivity index (χ2v) is 5.34. The maximum Gasteiger partial charge on any atom is 0.118 e. The lowest BCUT2D eigenvalue weighted by Gasteiger charge is -2.05. The van der Waals surface area contributed by atoms with Crippen LogP contribution in [0.2, 0.25) is 0 Å². The Morgan fingerprint density at radius 3 is 2.20 bits per heavy atom. The van der Waals surface area contributed by atoms with Gasteiger partial charge in [-0.25, -0.2) is 0 Å². The predicted molar refractivity (Wildman–Crippen MR) is 84.5 cm³/mol. The van der Waals surface area contributed by atoms with Crippen LogP contribution >= 0.6 is 0 Å². The lowest BCUT2D eigenvalue weighted by atomic mass is 9.99. The van der Waals surface area contributed by atoms with Crippen LogP contribution in [0.25, 0.3) is 22.0 Å². The molecule has 0 aliphatic rings. The van der Waals surface area contributed by atoms with Crippen molar-refractivity contribution in [3.63, 3.8) is 0 Å². The molecule has 20 heavy (non-hydrogen) atoms. The Labute approximate surface area is 119 Å². The second-order valence-electron chi connectivity index (χ2n) is 5.34. The third kappa shape index (κ3) is 1.97. The Kier molecular flexibility index (Phi) is 3.01. The van der Waals surface area contributed by atoms with Gasteiger partial charge < -0.3 is 9.72 Å². The van der Waals surface area contributed by atoms with Crippen molar-refractivity contribution in [1.29, 1.82) is 0 Å². The Balaban J connectivity index is 2.23. The molecule has 1 heterocycles. The zero-order chi connectivity index (χ0) is 14.3. The quantitative estimate of drug-likeness (QED) is 0.709. The molecule has 0 saturated heterocycles. The average Bonchev–Trinajstić information content (AvgIpc) is 2.75. The molecule has 0 aliphatic heterocycles. The van der Waals surface area contributed by atoms with E-state index in [1.165, 1.54) is 38.9 Å². The first-order chi connectivity index (χ1) is 9.60. The number of methoxy groups -OCH3 is 1. The highest BCUT2D eigenvalue weighted by Crippen LogP contribution is 2.34. The molecule has 0 radical (unpaired) electrons. The van der Waals surface area contributed by atoms with Gasteiger partial charge in [-0.2, -0.15) is 0 Å². The summed E-state index contributed by atoms with van der Waals surface area (Å²) in [6.07, 6.45) is 0. The number of H-pyrrole nitrogens is 1. The molecule has 0 fully saturated rings. The molecule has 0 unspecified atom stereocenters. The van der Waals surface area contributed by atoms with Crippen molar-refractivity contribution >= 4 is 10.9 Å². The molecule has 3 rings (SSSR count). The van der Waals surface area contributed by atoms with Gasteiger partial charge in [0.2, 0.25) is 0 Å². The van der Waals surface area contributed by atoms with Crippen molar-refractivity contribution in [2.24, 2.45) is 0 Å². The van der Waals surface area contributed by atoms with Gasteiger partial charge in [-0.3, -0.25) is 0 Å². The van der Waals surface area contributed by atoms with Gasteiger partial charge >= 0.3 is 0 Å². The Bertz CT molecular complexity index is 766. The summed E-state index contributed by atoms with van der Waals surface area (Å²) in [5.74, 6) is 0.887. The van der Waals surface area contributed by atoms with Crippen molar-refractivity contribution in [2.45, 2.75) is 20.8 Å². The first kappa shape index (κ1) is 12.8. The summed E-state index contributed by atoms with van der Waals surface area (Å²) in [4.78, 5) is 3.49. The Morgan fingerprint density at radius 1 is 0.900 bits per heavy atom. The molecule has 2 aromatic carbocycles. The summed E-state index contributed by atoms with van der Waals surface area (Å²) >= 11 is 0. The fourth-order valence-electron chi connectivity index (χ4n) is 2.72. The third-order valence-electron chi connectivity index (χ3n) is 3.98. The molecule has 0 amide bonds. The van der Waals surface area contributed by atoms with Crippen LogP contribution in [0.4, 0.5) is 0 Å². The van der Waals surface area contributed by atoms with E-state index in [2.05, 4.69) is 50.0 Å². The molecule has 0 atom stereocenters. The number of hydrogen-bond acceptors (Lipinski definition) is 1. The molecule has 0 spiro atoms. The SMILES string of the molecule is COc1ccc(-c2c(C)[nH]c3cc(C)c(C)cc23)cc1. The highest BCUT2D eigenvalue weighted by atomic mass is 16.5. The number of ether oxygens (including phenoxy) is 1.